The topological polar surface area (TPSA) is 80.2 Å². The fourth-order valence-electron chi connectivity index (χ4n) is 4.33. The van der Waals surface area contributed by atoms with Crippen molar-refractivity contribution in [3.05, 3.63) is 64.7 Å². The summed E-state index contributed by atoms with van der Waals surface area (Å²) >= 11 is 0. The maximum absolute atomic E-state index is 12.7. The highest BCUT2D eigenvalue weighted by Crippen LogP contribution is 2.30. The lowest BCUT2D eigenvalue weighted by Gasteiger charge is -2.24. The van der Waals surface area contributed by atoms with Crippen molar-refractivity contribution in [3.8, 4) is 0 Å². The number of ether oxygens (including phenoxy) is 2. The van der Waals surface area contributed by atoms with Gasteiger partial charge >= 0.3 is 5.97 Å². The van der Waals surface area contributed by atoms with E-state index in [1.54, 1.807) is 0 Å². The summed E-state index contributed by atoms with van der Waals surface area (Å²) in [5, 5.41) is 9.47. The van der Waals surface area contributed by atoms with Gasteiger partial charge in [0.25, 0.3) is 5.91 Å². The fraction of sp³-hybridized carbons (Fsp3) is 0.444. The van der Waals surface area contributed by atoms with Crippen molar-refractivity contribution >= 4 is 23.8 Å². The summed E-state index contributed by atoms with van der Waals surface area (Å²) in [6.07, 6.45) is 5.87. The average molecular weight is 464 g/mol. The minimum Gasteiger partial charge on any atom is -0.466 e. The second-order valence-electron chi connectivity index (χ2n) is 8.90. The van der Waals surface area contributed by atoms with E-state index in [0.29, 0.717) is 37.7 Å². The van der Waals surface area contributed by atoms with Crippen LogP contribution in [0.5, 0.6) is 0 Å². The minimum absolute atomic E-state index is 0.0995. The van der Waals surface area contributed by atoms with Crippen LogP contribution in [0.1, 0.15) is 53.2 Å². The van der Waals surface area contributed by atoms with Crippen LogP contribution in [0.25, 0.3) is 0 Å². The molecule has 1 fully saturated rings. The molecule has 0 radical (unpaired) electrons. The number of carbonyl (C=O) groups excluding carboxylic acids is 2. The fourth-order valence-corrected chi connectivity index (χ4v) is 4.33. The van der Waals surface area contributed by atoms with Gasteiger partial charge in [-0.15, -0.1) is 0 Å². The molecule has 1 aliphatic heterocycles. The van der Waals surface area contributed by atoms with Gasteiger partial charge in [0.2, 0.25) is 0 Å². The Labute approximate surface area is 201 Å². The largest absolute Gasteiger partial charge is 0.466 e. The van der Waals surface area contributed by atoms with E-state index in [1.807, 2.05) is 48.5 Å². The highest BCUT2D eigenvalue weighted by atomic mass is 16.5. The van der Waals surface area contributed by atoms with Crippen molar-refractivity contribution in [1.29, 1.82) is 0 Å². The van der Waals surface area contributed by atoms with Gasteiger partial charge in [0.1, 0.15) is 0 Å². The zero-order chi connectivity index (χ0) is 23.8. The first kappa shape index (κ1) is 24.0. The van der Waals surface area contributed by atoms with Gasteiger partial charge in [0.15, 0.2) is 0 Å². The SMILES string of the molecule is CCCOC(=O)CC1CCc2cc(NC(=O)c3ccc(C=NN4CCOCC4)cc3)ccc2C1. The van der Waals surface area contributed by atoms with Gasteiger partial charge in [0.05, 0.1) is 39.1 Å². The molecule has 180 valence electrons. The lowest BCUT2D eigenvalue weighted by Crippen LogP contribution is -2.32. The van der Waals surface area contributed by atoms with Crippen LogP contribution < -0.4 is 5.32 Å². The van der Waals surface area contributed by atoms with Gasteiger partial charge in [-0.25, -0.2) is 0 Å². The summed E-state index contributed by atoms with van der Waals surface area (Å²) in [4.78, 5) is 24.7. The molecule has 0 aromatic heterocycles. The number of rotatable bonds is 8. The van der Waals surface area contributed by atoms with E-state index in [1.165, 1.54) is 11.1 Å². The van der Waals surface area contributed by atoms with Crippen molar-refractivity contribution in [3.63, 3.8) is 0 Å². The zero-order valence-corrected chi connectivity index (χ0v) is 19.8. The molecule has 1 amide bonds. The van der Waals surface area contributed by atoms with Gasteiger partial charge in [0, 0.05) is 17.7 Å². The molecular formula is C27H33N3O4. The second kappa shape index (κ2) is 11.8. The molecule has 2 aliphatic rings. The lowest BCUT2D eigenvalue weighted by atomic mass is 9.82. The molecule has 1 unspecified atom stereocenters. The molecule has 0 spiro atoms. The van der Waals surface area contributed by atoms with Crippen LogP contribution in [0, 0.1) is 5.92 Å². The Balaban J connectivity index is 1.30. The molecule has 1 aliphatic carbocycles. The Morgan fingerprint density at radius 1 is 1.15 bits per heavy atom. The van der Waals surface area contributed by atoms with Crippen LogP contribution >= 0.6 is 0 Å². The minimum atomic E-state index is -0.135. The number of nitrogens with one attached hydrogen (secondary N) is 1. The third-order valence-electron chi connectivity index (χ3n) is 6.25. The number of nitrogens with zero attached hydrogens (tertiary/aromatic N) is 2. The Hall–Kier alpha value is -3.19. The molecule has 7 nitrogen and oxygen atoms in total. The summed E-state index contributed by atoms with van der Waals surface area (Å²) in [6.45, 7) is 5.49. The number of hydrogen-bond donors (Lipinski definition) is 1. The Bertz CT molecular complexity index is 1010. The van der Waals surface area contributed by atoms with Gasteiger partial charge in [-0.05, 0) is 72.6 Å². The Morgan fingerprint density at radius 2 is 1.94 bits per heavy atom. The zero-order valence-electron chi connectivity index (χ0n) is 19.8. The lowest BCUT2D eigenvalue weighted by molar-refractivity contribution is -0.144. The first-order chi connectivity index (χ1) is 16.6. The molecule has 2 aromatic carbocycles. The van der Waals surface area contributed by atoms with Crippen LogP contribution in [0.3, 0.4) is 0 Å². The number of aryl methyl sites for hydroxylation is 1. The number of fused-ring (bicyclic) bond motifs is 1. The third kappa shape index (κ3) is 6.67. The van der Waals surface area contributed by atoms with Gasteiger partial charge in [-0.1, -0.05) is 25.1 Å². The average Bonchev–Trinajstić information content (AvgIpc) is 2.87. The molecule has 0 bridgehead atoms. The van der Waals surface area contributed by atoms with E-state index < -0.39 is 0 Å². The predicted octanol–water partition coefficient (Wildman–Crippen LogP) is 4.05. The monoisotopic (exact) mass is 463 g/mol. The van der Waals surface area contributed by atoms with E-state index in [9.17, 15) is 9.59 Å². The summed E-state index contributed by atoms with van der Waals surface area (Å²) in [5.74, 6) is 0.0872. The highest BCUT2D eigenvalue weighted by Gasteiger charge is 2.22. The van der Waals surface area contributed by atoms with Gasteiger partial charge in [-0.2, -0.15) is 5.10 Å². The number of anilines is 1. The number of hydrazone groups is 1. The van der Waals surface area contributed by atoms with Crippen molar-refractivity contribution in [2.24, 2.45) is 11.0 Å². The van der Waals surface area contributed by atoms with E-state index in [0.717, 1.165) is 50.0 Å². The van der Waals surface area contributed by atoms with Gasteiger partial charge < -0.3 is 14.8 Å². The summed E-state index contributed by atoms with van der Waals surface area (Å²) in [7, 11) is 0. The molecule has 2 aromatic rings. The molecule has 1 atom stereocenters. The number of morpholine rings is 1. The smallest absolute Gasteiger partial charge is 0.306 e. The molecule has 34 heavy (non-hydrogen) atoms. The number of benzene rings is 2. The first-order valence-corrected chi connectivity index (χ1v) is 12.2. The molecule has 0 saturated carbocycles. The molecule has 1 heterocycles. The molecule has 1 N–H and O–H groups in total. The summed E-state index contributed by atoms with van der Waals surface area (Å²) in [6, 6.07) is 13.5. The summed E-state index contributed by atoms with van der Waals surface area (Å²) in [5.41, 5.74) is 4.84. The van der Waals surface area contributed by atoms with E-state index in [-0.39, 0.29) is 11.9 Å². The quantitative estimate of drug-likeness (QED) is 0.472. The second-order valence-corrected chi connectivity index (χ2v) is 8.90. The van der Waals surface area contributed by atoms with Crippen LogP contribution in [0.15, 0.2) is 47.6 Å². The molecule has 1 saturated heterocycles. The number of carbonyl (C=O) groups is 2. The van der Waals surface area contributed by atoms with Crippen molar-refractivity contribution in [2.45, 2.75) is 39.0 Å². The third-order valence-corrected chi connectivity index (χ3v) is 6.25. The Kier molecular flexibility index (Phi) is 8.31. The van der Waals surface area contributed by atoms with E-state index >= 15 is 0 Å². The van der Waals surface area contributed by atoms with Crippen molar-refractivity contribution in [2.75, 3.05) is 38.2 Å². The highest BCUT2D eigenvalue weighted by molar-refractivity contribution is 6.04. The standard InChI is InChI=1S/C27H33N3O4/c1-2-13-34-26(31)17-21-5-8-24-18-25(10-9-23(24)16-21)29-27(32)22-6-3-20(4-7-22)19-28-30-11-14-33-15-12-30/h3-4,6-7,9-10,18-19,21H,2,5,8,11-17H2,1H3,(H,29,32). The van der Waals surface area contributed by atoms with Crippen molar-refractivity contribution in [1.82, 2.24) is 5.01 Å². The molecule has 4 rings (SSSR count). The maximum atomic E-state index is 12.7. The summed E-state index contributed by atoms with van der Waals surface area (Å²) < 4.78 is 10.6. The first-order valence-electron chi connectivity index (χ1n) is 12.2. The maximum Gasteiger partial charge on any atom is 0.306 e. The van der Waals surface area contributed by atoms with Crippen molar-refractivity contribution < 1.29 is 19.1 Å². The number of hydrogen-bond acceptors (Lipinski definition) is 6. The van der Waals surface area contributed by atoms with Gasteiger partial charge in [-0.3, -0.25) is 14.6 Å². The predicted molar refractivity (Wildman–Crippen MR) is 132 cm³/mol. The molecule has 7 heteroatoms. The van der Waals surface area contributed by atoms with E-state index in [2.05, 4.69) is 22.6 Å². The van der Waals surface area contributed by atoms with Crippen LogP contribution in [-0.2, 0) is 27.1 Å². The Morgan fingerprint density at radius 3 is 2.71 bits per heavy atom. The van der Waals surface area contributed by atoms with Crippen LogP contribution in [0.2, 0.25) is 0 Å². The normalized spacial score (nSPS) is 17.9. The molecular weight excluding hydrogens is 430 g/mol. The van der Waals surface area contributed by atoms with E-state index in [4.69, 9.17) is 9.47 Å². The number of amides is 1. The number of esters is 1. The van der Waals surface area contributed by atoms with Crippen LogP contribution in [-0.4, -0.2) is 56.0 Å². The van der Waals surface area contributed by atoms with Crippen LogP contribution in [0.4, 0.5) is 5.69 Å².